The van der Waals surface area contributed by atoms with Gasteiger partial charge in [0, 0.05) is 41.8 Å². The molecule has 1 amide bonds. The molecule has 5 aromatic rings. The van der Waals surface area contributed by atoms with E-state index in [-0.39, 0.29) is 12.1 Å². The van der Waals surface area contributed by atoms with Crippen LogP contribution in [0, 0.1) is 6.92 Å². The maximum absolute atomic E-state index is 13.1. The highest BCUT2D eigenvalue weighted by molar-refractivity contribution is 6.05. The topological polar surface area (TPSA) is 123 Å². The molecule has 0 saturated heterocycles. The van der Waals surface area contributed by atoms with Crippen molar-refractivity contribution in [1.82, 2.24) is 19.4 Å². The fourth-order valence-electron chi connectivity index (χ4n) is 3.77. The van der Waals surface area contributed by atoms with Gasteiger partial charge in [0.05, 0.1) is 17.8 Å². The van der Waals surface area contributed by atoms with Crippen molar-refractivity contribution in [3.8, 4) is 22.6 Å². The van der Waals surface area contributed by atoms with E-state index in [0.717, 1.165) is 22.4 Å². The highest BCUT2D eigenvalue weighted by Gasteiger charge is 2.17. The minimum atomic E-state index is -0.881. The molecular weight excluding hydrogens is 446 g/mol. The van der Waals surface area contributed by atoms with E-state index >= 15 is 0 Å². The van der Waals surface area contributed by atoms with Gasteiger partial charge in [-0.1, -0.05) is 30.3 Å². The number of aromatic nitrogens is 4. The summed E-state index contributed by atoms with van der Waals surface area (Å²) in [6.07, 6.45) is 6.82. The second-order valence-corrected chi connectivity index (χ2v) is 8.04. The van der Waals surface area contributed by atoms with E-state index in [9.17, 15) is 9.59 Å². The molecule has 0 bridgehead atoms. The molecule has 4 aromatic heterocycles. The third-order valence-electron chi connectivity index (χ3n) is 5.45. The zero-order valence-corrected chi connectivity index (χ0v) is 18.8. The van der Waals surface area contributed by atoms with Gasteiger partial charge in [-0.25, -0.2) is 9.97 Å². The number of fused-ring (bicyclic) bond motifs is 1. The van der Waals surface area contributed by atoms with Crippen molar-refractivity contribution in [3.05, 3.63) is 90.5 Å². The quantitative estimate of drug-likeness (QED) is 0.358. The summed E-state index contributed by atoms with van der Waals surface area (Å²) in [6, 6.07) is 15.1. The van der Waals surface area contributed by atoms with Gasteiger partial charge in [-0.3, -0.25) is 14.6 Å². The van der Waals surface area contributed by atoms with Crippen molar-refractivity contribution in [1.29, 1.82) is 0 Å². The highest BCUT2D eigenvalue weighted by Crippen LogP contribution is 2.30. The second-order valence-electron chi connectivity index (χ2n) is 8.04. The fourth-order valence-corrected chi connectivity index (χ4v) is 3.77. The Labute approximate surface area is 200 Å². The molecule has 5 rings (SSSR count). The van der Waals surface area contributed by atoms with Crippen molar-refractivity contribution in [2.75, 3.05) is 5.32 Å². The van der Waals surface area contributed by atoms with Crippen LogP contribution >= 0.6 is 0 Å². The van der Waals surface area contributed by atoms with Crippen LogP contribution in [0.3, 0.4) is 0 Å². The molecule has 35 heavy (non-hydrogen) atoms. The maximum Gasteiger partial charge on any atom is 0.303 e. The Morgan fingerprint density at radius 2 is 1.89 bits per heavy atom. The number of carbonyl (C=O) groups is 2. The number of anilines is 1. The van der Waals surface area contributed by atoms with Crippen LogP contribution in [-0.2, 0) is 11.2 Å². The number of benzene rings is 1. The molecule has 0 unspecified atom stereocenters. The highest BCUT2D eigenvalue weighted by atomic mass is 16.4. The van der Waals surface area contributed by atoms with Gasteiger partial charge < -0.3 is 19.2 Å². The average Bonchev–Trinajstić information content (AvgIpc) is 3.50. The van der Waals surface area contributed by atoms with Crippen molar-refractivity contribution < 1.29 is 19.1 Å². The minimum absolute atomic E-state index is 0.00941. The number of hydrogen-bond donors (Lipinski definition) is 2. The summed E-state index contributed by atoms with van der Waals surface area (Å²) in [6.45, 7) is 1.87. The first-order valence-corrected chi connectivity index (χ1v) is 10.9. The first-order valence-electron chi connectivity index (χ1n) is 10.9. The minimum Gasteiger partial charge on any atom is -0.481 e. The molecular formula is C26H21N5O4. The van der Waals surface area contributed by atoms with Gasteiger partial charge in [-0.2, -0.15) is 0 Å². The number of carboxylic acid groups (broad SMARTS) is 1. The normalized spacial score (nSPS) is 11.0. The first kappa shape index (κ1) is 22.0. The summed E-state index contributed by atoms with van der Waals surface area (Å²) in [5.41, 5.74) is 5.22. The molecule has 9 nitrogen and oxygen atoms in total. The van der Waals surface area contributed by atoms with Crippen LogP contribution in [0.25, 0.3) is 28.2 Å². The van der Waals surface area contributed by atoms with Crippen LogP contribution in [0.5, 0.6) is 0 Å². The van der Waals surface area contributed by atoms with Gasteiger partial charge in [0.1, 0.15) is 11.9 Å². The smallest absolute Gasteiger partial charge is 0.303 e. The van der Waals surface area contributed by atoms with Gasteiger partial charge >= 0.3 is 5.97 Å². The summed E-state index contributed by atoms with van der Waals surface area (Å²) < 4.78 is 7.31. The largest absolute Gasteiger partial charge is 0.481 e. The molecule has 174 valence electrons. The number of pyridine rings is 2. The van der Waals surface area contributed by atoms with Gasteiger partial charge in [0.2, 0.25) is 5.89 Å². The summed E-state index contributed by atoms with van der Waals surface area (Å²) in [5, 5.41) is 11.9. The fraction of sp³-hybridized carbons (Fsp3) is 0.115. The van der Waals surface area contributed by atoms with E-state index in [4.69, 9.17) is 9.52 Å². The first-order chi connectivity index (χ1) is 17.0. The molecule has 4 heterocycles. The van der Waals surface area contributed by atoms with Crippen molar-refractivity contribution in [2.45, 2.75) is 19.8 Å². The molecule has 0 radical (unpaired) electrons. The molecule has 0 atom stereocenters. The van der Waals surface area contributed by atoms with Crippen LogP contribution in [0.1, 0.15) is 28.3 Å². The predicted molar refractivity (Wildman–Crippen MR) is 129 cm³/mol. The lowest BCUT2D eigenvalue weighted by molar-refractivity contribution is -0.136. The average molecular weight is 467 g/mol. The molecule has 0 saturated carbocycles. The van der Waals surface area contributed by atoms with E-state index in [1.54, 1.807) is 29.1 Å². The standard InChI is InChI=1S/C26H21N5O4/c1-16-11-18(9-10-27-16)26-30-22(15-35-26)25(34)29-21-14-31-13-19(7-8-24(32)33)28-23(31)12-20(21)17-5-3-2-4-6-17/h2-6,9-15H,7-8H2,1H3,(H,29,34)(H,32,33). The molecule has 0 aliphatic rings. The Hall–Kier alpha value is -4.79. The lowest BCUT2D eigenvalue weighted by Crippen LogP contribution is -2.13. The lowest BCUT2D eigenvalue weighted by atomic mass is 10.1. The number of amides is 1. The predicted octanol–water partition coefficient (Wildman–Crippen LogP) is 4.63. The van der Waals surface area contributed by atoms with Crippen LogP contribution in [0.4, 0.5) is 5.69 Å². The SMILES string of the molecule is Cc1cc(-c2nc(C(=O)Nc3cn4cc(CCC(=O)O)nc4cc3-c3ccccc3)co2)ccn1. The van der Waals surface area contributed by atoms with E-state index in [1.807, 2.05) is 49.4 Å². The van der Waals surface area contributed by atoms with Gasteiger partial charge in [-0.15, -0.1) is 0 Å². The number of imidazole rings is 1. The van der Waals surface area contributed by atoms with E-state index in [1.165, 1.54) is 6.26 Å². The molecule has 0 spiro atoms. The zero-order valence-electron chi connectivity index (χ0n) is 18.8. The second kappa shape index (κ2) is 9.22. The Kier molecular flexibility index (Phi) is 5.80. The molecule has 1 aromatic carbocycles. The summed E-state index contributed by atoms with van der Waals surface area (Å²) >= 11 is 0. The number of nitrogens with one attached hydrogen (secondary N) is 1. The molecule has 0 aliphatic heterocycles. The summed E-state index contributed by atoms with van der Waals surface area (Å²) in [5.74, 6) is -0.973. The molecule has 2 N–H and O–H groups in total. The Morgan fingerprint density at radius 1 is 1.06 bits per heavy atom. The number of carbonyl (C=O) groups excluding carboxylic acids is 1. The van der Waals surface area contributed by atoms with Crippen LogP contribution < -0.4 is 5.32 Å². The van der Waals surface area contributed by atoms with Gasteiger partial charge in [-0.05, 0) is 30.7 Å². The third kappa shape index (κ3) is 4.79. The number of carboxylic acids is 1. The molecule has 0 fully saturated rings. The number of hydrogen-bond acceptors (Lipinski definition) is 6. The van der Waals surface area contributed by atoms with Crippen LogP contribution in [0.2, 0.25) is 0 Å². The number of nitrogens with zero attached hydrogens (tertiary/aromatic N) is 4. The Morgan fingerprint density at radius 3 is 2.66 bits per heavy atom. The summed E-state index contributed by atoms with van der Waals surface area (Å²) in [7, 11) is 0. The molecule has 9 heteroatoms. The number of aliphatic carboxylic acids is 1. The maximum atomic E-state index is 13.1. The van der Waals surface area contributed by atoms with Crippen molar-refractivity contribution >= 4 is 23.2 Å². The van der Waals surface area contributed by atoms with Crippen LogP contribution in [0.15, 0.2) is 77.8 Å². The van der Waals surface area contributed by atoms with Gasteiger partial charge in [0.25, 0.3) is 5.91 Å². The van der Waals surface area contributed by atoms with E-state index in [2.05, 4.69) is 20.3 Å². The Bertz CT molecular complexity index is 1540. The lowest BCUT2D eigenvalue weighted by Gasteiger charge is -2.11. The zero-order chi connectivity index (χ0) is 24.4. The monoisotopic (exact) mass is 467 g/mol. The Balaban J connectivity index is 1.48. The number of oxazole rings is 1. The van der Waals surface area contributed by atoms with Crippen molar-refractivity contribution in [2.24, 2.45) is 0 Å². The summed E-state index contributed by atoms with van der Waals surface area (Å²) in [4.78, 5) is 37.1. The van der Waals surface area contributed by atoms with Gasteiger partial charge in [0.15, 0.2) is 5.69 Å². The van der Waals surface area contributed by atoms with Crippen LogP contribution in [-0.4, -0.2) is 36.3 Å². The van der Waals surface area contributed by atoms with E-state index in [0.29, 0.717) is 29.3 Å². The van der Waals surface area contributed by atoms with Crippen molar-refractivity contribution in [3.63, 3.8) is 0 Å². The van der Waals surface area contributed by atoms with E-state index < -0.39 is 11.9 Å². The third-order valence-corrected chi connectivity index (χ3v) is 5.45. The number of aryl methyl sites for hydroxylation is 2. The number of rotatable bonds is 7. The molecule has 0 aliphatic carbocycles.